The first kappa shape index (κ1) is 15.8. The van der Waals surface area contributed by atoms with Crippen molar-refractivity contribution in [2.75, 3.05) is 25.1 Å². The molecule has 2 fully saturated rings. The third-order valence-electron chi connectivity index (χ3n) is 5.14. The summed E-state index contributed by atoms with van der Waals surface area (Å²) in [7, 11) is 1.48. The molecule has 0 amide bonds. The molecule has 26 heavy (non-hydrogen) atoms. The Bertz CT molecular complexity index is 1170. The van der Waals surface area contributed by atoms with Crippen LogP contribution in [0.3, 0.4) is 0 Å². The predicted octanol–water partition coefficient (Wildman–Crippen LogP) is 1.53. The molecule has 0 spiro atoms. The van der Waals surface area contributed by atoms with E-state index in [4.69, 9.17) is 10.5 Å². The topological polar surface area (TPSA) is 93.3 Å². The lowest BCUT2D eigenvalue weighted by Gasteiger charge is -2.39. The number of nitrogens with two attached hydrogens (primary N) is 1. The average molecular weight is 376 g/mol. The zero-order valence-electron chi connectivity index (χ0n) is 14.0. The Morgan fingerprint density at radius 3 is 2.69 bits per heavy atom. The summed E-state index contributed by atoms with van der Waals surface area (Å²) in [5, 5.41) is 0.269. The van der Waals surface area contributed by atoms with Gasteiger partial charge in [-0.2, -0.15) is 0 Å². The average Bonchev–Trinajstić information content (AvgIpc) is 3.35. The van der Waals surface area contributed by atoms with Crippen LogP contribution in [0.15, 0.2) is 15.7 Å². The van der Waals surface area contributed by atoms with Crippen molar-refractivity contribution < 1.29 is 9.13 Å². The van der Waals surface area contributed by atoms with Gasteiger partial charge in [-0.3, -0.25) is 14.0 Å². The van der Waals surface area contributed by atoms with E-state index in [2.05, 4.69) is 4.37 Å². The van der Waals surface area contributed by atoms with Crippen LogP contribution in [0.4, 0.5) is 10.1 Å². The van der Waals surface area contributed by atoms with E-state index < -0.39 is 16.8 Å². The van der Waals surface area contributed by atoms with Gasteiger partial charge >= 0.3 is 0 Å². The molecule has 5 rings (SSSR count). The van der Waals surface area contributed by atoms with Crippen LogP contribution in [0.5, 0.6) is 5.75 Å². The molecule has 0 unspecified atom stereocenters. The molecule has 3 aromatic rings. The molecule has 0 radical (unpaired) electrons. The van der Waals surface area contributed by atoms with E-state index in [-0.39, 0.29) is 22.9 Å². The molecule has 7 nitrogen and oxygen atoms in total. The molecular weight excluding hydrogens is 359 g/mol. The molecule has 1 saturated carbocycles. The van der Waals surface area contributed by atoms with Crippen LogP contribution in [0.1, 0.15) is 18.9 Å². The Hall–Kier alpha value is -2.39. The number of rotatable bonds is 3. The molecule has 0 atom stereocenters. The number of nitrogens with zero attached hydrogens (tertiary/aromatic N) is 2. The number of hydrogen-bond acceptors (Lipinski definition) is 6. The monoisotopic (exact) mass is 376 g/mol. The van der Waals surface area contributed by atoms with Gasteiger partial charge in [-0.1, -0.05) is 0 Å². The molecule has 9 heteroatoms. The molecule has 3 N–H and O–H groups in total. The number of fused-ring (bicyclic) bond motifs is 2. The zero-order chi connectivity index (χ0) is 18.2. The number of nitrogens with one attached hydrogen (secondary N) is 1. The van der Waals surface area contributed by atoms with Crippen molar-refractivity contribution in [2.45, 2.75) is 24.9 Å². The van der Waals surface area contributed by atoms with Gasteiger partial charge in [0.15, 0.2) is 11.6 Å². The number of benzene rings is 1. The predicted molar refractivity (Wildman–Crippen MR) is 99.2 cm³/mol. The maximum absolute atomic E-state index is 14.9. The highest BCUT2D eigenvalue weighted by Gasteiger charge is 2.34. The van der Waals surface area contributed by atoms with E-state index in [0.717, 1.165) is 24.4 Å². The number of methoxy groups -OCH3 is 1. The summed E-state index contributed by atoms with van der Waals surface area (Å²) in [4.78, 5) is 27.5. The van der Waals surface area contributed by atoms with E-state index in [1.807, 2.05) is 9.47 Å². The van der Waals surface area contributed by atoms with E-state index in [9.17, 15) is 14.0 Å². The number of aromatic amines is 1. The largest absolute Gasteiger partial charge is 0.492 e. The number of aromatic nitrogens is 2. The SMILES string of the molecule is COc1c(N2CC(N)C2)c(F)cc2c(=O)c3c(=O)[nH]sc3n(C3CC3)c12. The molecule has 2 aromatic heterocycles. The van der Waals surface area contributed by atoms with Gasteiger partial charge in [-0.25, -0.2) is 4.39 Å². The Kier molecular flexibility index (Phi) is 3.23. The van der Waals surface area contributed by atoms with Gasteiger partial charge in [0.05, 0.1) is 18.0 Å². The highest BCUT2D eigenvalue weighted by atomic mass is 32.1. The van der Waals surface area contributed by atoms with Crippen LogP contribution in [-0.2, 0) is 0 Å². The Morgan fingerprint density at radius 2 is 2.08 bits per heavy atom. The fraction of sp³-hybridized carbons (Fsp3) is 0.412. The van der Waals surface area contributed by atoms with Crippen molar-refractivity contribution in [3.63, 3.8) is 0 Å². The van der Waals surface area contributed by atoms with Crippen molar-refractivity contribution >= 4 is 38.3 Å². The third-order valence-corrected chi connectivity index (χ3v) is 6.02. The molecule has 136 valence electrons. The fourth-order valence-corrected chi connectivity index (χ4v) is 4.70. The van der Waals surface area contributed by atoms with Crippen molar-refractivity contribution in [1.82, 2.24) is 8.94 Å². The summed E-state index contributed by atoms with van der Waals surface area (Å²) in [6.45, 7) is 1.07. The fourth-order valence-electron chi connectivity index (χ4n) is 3.78. The lowest BCUT2D eigenvalue weighted by atomic mass is 10.0. The summed E-state index contributed by atoms with van der Waals surface area (Å²) < 4.78 is 25.1. The molecular formula is C17H17FN4O3S. The number of ether oxygens (including phenoxy) is 1. The van der Waals surface area contributed by atoms with Crippen molar-refractivity contribution in [2.24, 2.45) is 5.73 Å². The van der Waals surface area contributed by atoms with E-state index in [1.165, 1.54) is 13.2 Å². The summed E-state index contributed by atoms with van der Waals surface area (Å²) in [6, 6.07) is 1.41. The minimum absolute atomic E-state index is 0.00201. The third kappa shape index (κ3) is 2.01. The van der Waals surface area contributed by atoms with Crippen molar-refractivity contribution in [3.05, 3.63) is 32.5 Å². The van der Waals surface area contributed by atoms with E-state index >= 15 is 0 Å². The first-order valence-corrected chi connectivity index (χ1v) is 9.29. The Morgan fingerprint density at radius 1 is 1.35 bits per heavy atom. The number of hydrogen-bond donors (Lipinski definition) is 2. The summed E-state index contributed by atoms with van der Waals surface area (Å²) >= 11 is 1.14. The maximum Gasteiger partial charge on any atom is 0.271 e. The maximum atomic E-state index is 14.9. The highest BCUT2D eigenvalue weighted by Crippen LogP contribution is 2.46. The van der Waals surface area contributed by atoms with Crippen LogP contribution in [0, 0.1) is 5.82 Å². The quantitative estimate of drug-likeness (QED) is 0.723. The normalized spacial score (nSPS) is 17.9. The number of pyridine rings is 1. The summed E-state index contributed by atoms with van der Waals surface area (Å²) in [5.41, 5.74) is 5.85. The van der Waals surface area contributed by atoms with Crippen molar-refractivity contribution in [1.29, 1.82) is 0 Å². The summed E-state index contributed by atoms with van der Waals surface area (Å²) in [6.07, 6.45) is 1.90. The van der Waals surface area contributed by atoms with Crippen LogP contribution in [-0.4, -0.2) is 35.2 Å². The lowest BCUT2D eigenvalue weighted by Crippen LogP contribution is -2.56. The smallest absolute Gasteiger partial charge is 0.271 e. The zero-order valence-corrected chi connectivity index (χ0v) is 14.9. The first-order chi connectivity index (χ1) is 12.5. The van der Waals surface area contributed by atoms with Gasteiger partial charge in [0.2, 0.25) is 5.43 Å². The number of anilines is 1. The molecule has 1 saturated heterocycles. The van der Waals surface area contributed by atoms with Gasteiger partial charge < -0.3 is 19.9 Å². The second-order valence-corrected chi connectivity index (χ2v) is 7.74. The van der Waals surface area contributed by atoms with Crippen LogP contribution in [0.25, 0.3) is 21.1 Å². The number of halogens is 1. The van der Waals surface area contributed by atoms with Gasteiger partial charge in [0.25, 0.3) is 5.56 Å². The molecule has 1 aliphatic heterocycles. The second kappa shape index (κ2) is 5.31. The Labute approximate surface area is 150 Å². The highest BCUT2D eigenvalue weighted by molar-refractivity contribution is 7.12. The molecule has 1 aliphatic carbocycles. The van der Waals surface area contributed by atoms with Gasteiger partial charge in [-0.15, -0.1) is 0 Å². The Balaban J connectivity index is 1.96. The summed E-state index contributed by atoms with van der Waals surface area (Å²) in [5.74, 6) is -0.203. The minimum atomic E-state index is -0.535. The molecule has 3 heterocycles. The second-order valence-electron chi connectivity index (χ2n) is 6.95. The first-order valence-electron chi connectivity index (χ1n) is 8.47. The van der Waals surface area contributed by atoms with Crippen molar-refractivity contribution in [3.8, 4) is 5.75 Å². The van der Waals surface area contributed by atoms with Crippen LogP contribution >= 0.6 is 11.5 Å². The molecule has 0 bridgehead atoms. The van der Waals surface area contributed by atoms with E-state index in [0.29, 0.717) is 34.9 Å². The van der Waals surface area contributed by atoms with Gasteiger partial charge in [0, 0.05) is 25.2 Å². The van der Waals surface area contributed by atoms with Crippen LogP contribution < -0.4 is 26.4 Å². The minimum Gasteiger partial charge on any atom is -0.492 e. The molecule has 2 aliphatic rings. The van der Waals surface area contributed by atoms with E-state index in [1.54, 1.807) is 0 Å². The van der Waals surface area contributed by atoms with Crippen LogP contribution in [0.2, 0.25) is 0 Å². The lowest BCUT2D eigenvalue weighted by molar-refractivity contribution is 0.406. The number of H-pyrrole nitrogens is 1. The standard InChI is InChI=1S/C17H17FN4O3S/c1-25-15-12-9(4-10(18)13(15)21-5-7(19)6-21)14(23)11-16(24)20-26-17(11)22(12)8-2-3-8/h4,7-8H,2-3,5-6,19H2,1H3,(H,20,24). The van der Waals surface area contributed by atoms with Gasteiger partial charge in [-0.05, 0) is 30.4 Å². The van der Waals surface area contributed by atoms with Gasteiger partial charge in [0.1, 0.15) is 15.9 Å². The molecule has 1 aromatic carbocycles.